The summed E-state index contributed by atoms with van der Waals surface area (Å²) in [7, 11) is -6.34. The predicted octanol–water partition coefficient (Wildman–Crippen LogP) is 2.06. The number of sulfonamides is 2. The number of carbonyl (C=O) groups is 4. The van der Waals surface area contributed by atoms with Crippen LogP contribution >= 0.6 is 0 Å². The highest BCUT2D eigenvalue weighted by Gasteiger charge is 2.71. The van der Waals surface area contributed by atoms with Crippen molar-refractivity contribution >= 4 is 43.8 Å². The Morgan fingerprint density at radius 3 is 2.08 bits per heavy atom. The SMILES string of the molecule is C=CC1C[C@]1(NC(=O)[C@@H]1[C@@H]2C(CN1C(=O)[C@@H](NC(=O)N[C@H](CN(C)S(C)(=O)=O)C(C)(C)C)C(C)(C)C)C2(C)C)C(=O)NS(=O)(=O)c1ccccc1. The van der Waals surface area contributed by atoms with E-state index < -0.39 is 84.2 Å². The van der Waals surface area contributed by atoms with Crippen molar-refractivity contribution in [1.29, 1.82) is 0 Å². The number of urea groups is 1. The zero-order valence-electron chi connectivity index (χ0n) is 31.2. The standard InChI is InChI=1S/C35H54N6O8S2/c1-12-21-18-35(21,30(44)39-51(48,49)22-16-14-13-15-17-22)38-28(42)26-25-23(34(25,8)9)19-41(26)29(43)27(33(5,6)7)37-31(45)36-24(32(2,3)4)20-40(10)50(11,46)47/h12-17,21,23-27H,1,18-20H2,2-11H3,(H,38,42)(H,39,44)(H2,36,37,45)/t21?,23?,24-,25+,26+,27-,35-/m1/s1. The van der Waals surface area contributed by atoms with Crippen LogP contribution in [0.4, 0.5) is 4.79 Å². The van der Waals surface area contributed by atoms with Gasteiger partial charge in [-0.05, 0) is 46.6 Å². The summed E-state index contributed by atoms with van der Waals surface area (Å²) < 4.78 is 53.6. The highest BCUT2D eigenvalue weighted by molar-refractivity contribution is 7.90. The molecule has 0 spiro atoms. The molecule has 5 amide bonds. The third-order valence-electron chi connectivity index (χ3n) is 10.8. The first kappa shape index (κ1) is 40.3. The predicted molar refractivity (Wildman–Crippen MR) is 193 cm³/mol. The molecule has 4 N–H and O–H groups in total. The lowest BCUT2D eigenvalue weighted by atomic mass is 9.85. The minimum Gasteiger partial charge on any atom is -0.339 e. The molecule has 7 atom stereocenters. The van der Waals surface area contributed by atoms with E-state index in [2.05, 4.69) is 27.3 Å². The normalized spacial score (nSPS) is 26.7. The zero-order chi connectivity index (χ0) is 38.7. The zero-order valence-corrected chi connectivity index (χ0v) is 32.9. The van der Waals surface area contributed by atoms with Crippen LogP contribution in [0, 0.1) is 34.0 Å². The smallest absolute Gasteiger partial charge is 0.315 e. The monoisotopic (exact) mass is 750 g/mol. The molecule has 3 fully saturated rings. The van der Waals surface area contributed by atoms with E-state index in [0.29, 0.717) is 0 Å². The van der Waals surface area contributed by atoms with E-state index >= 15 is 0 Å². The minimum atomic E-state index is -4.23. The van der Waals surface area contributed by atoms with Crippen LogP contribution in [0.2, 0.25) is 0 Å². The third-order valence-corrected chi connectivity index (χ3v) is 13.5. The fraction of sp³-hybridized carbons (Fsp3) is 0.657. The molecule has 1 aromatic rings. The van der Waals surface area contributed by atoms with E-state index in [0.717, 1.165) is 10.6 Å². The molecule has 2 aliphatic carbocycles. The Labute approximate surface area is 302 Å². The summed E-state index contributed by atoms with van der Waals surface area (Å²) in [5.74, 6) is -2.75. The second kappa shape index (κ2) is 13.5. The number of amides is 5. The Kier molecular flexibility index (Phi) is 10.6. The fourth-order valence-electron chi connectivity index (χ4n) is 7.09. The molecule has 0 aromatic heterocycles. The van der Waals surface area contributed by atoms with Gasteiger partial charge in [-0.1, -0.05) is 79.7 Å². The van der Waals surface area contributed by atoms with Crippen LogP contribution in [0.5, 0.6) is 0 Å². The van der Waals surface area contributed by atoms with Crippen molar-refractivity contribution in [3.63, 3.8) is 0 Å². The van der Waals surface area contributed by atoms with Gasteiger partial charge in [0.15, 0.2) is 0 Å². The van der Waals surface area contributed by atoms with E-state index in [1.807, 2.05) is 34.6 Å². The lowest BCUT2D eigenvalue weighted by molar-refractivity contribution is -0.144. The van der Waals surface area contributed by atoms with Crippen LogP contribution in [0.25, 0.3) is 0 Å². The summed E-state index contributed by atoms with van der Waals surface area (Å²) >= 11 is 0. The summed E-state index contributed by atoms with van der Waals surface area (Å²) in [5.41, 5.74) is -3.21. The first-order valence-electron chi connectivity index (χ1n) is 17.0. The van der Waals surface area contributed by atoms with Gasteiger partial charge in [-0.15, -0.1) is 6.58 Å². The number of benzene rings is 1. The second-order valence-corrected chi connectivity index (χ2v) is 20.8. The highest BCUT2D eigenvalue weighted by Crippen LogP contribution is 2.65. The number of likely N-dealkylation sites (tertiary alicyclic amines) is 1. The molecule has 2 saturated carbocycles. The number of nitrogens with one attached hydrogen (secondary N) is 4. The molecule has 0 radical (unpaired) electrons. The molecule has 284 valence electrons. The third kappa shape index (κ3) is 8.27. The summed E-state index contributed by atoms with van der Waals surface area (Å²) in [4.78, 5) is 57.1. The number of piperidine rings is 1. The van der Waals surface area contributed by atoms with E-state index in [-0.39, 0.29) is 41.7 Å². The molecule has 4 rings (SSSR count). The molecule has 1 heterocycles. The topological polar surface area (TPSA) is 191 Å². The molecule has 1 aliphatic heterocycles. The Bertz CT molecular complexity index is 1790. The lowest BCUT2D eigenvalue weighted by Crippen LogP contribution is -2.63. The van der Waals surface area contributed by atoms with Gasteiger partial charge in [-0.3, -0.25) is 14.4 Å². The van der Waals surface area contributed by atoms with Gasteiger partial charge < -0.3 is 20.9 Å². The molecule has 1 aromatic carbocycles. The quantitative estimate of drug-likeness (QED) is 0.234. The van der Waals surface area contributed by atoms with Crippen molar-refractivity contribution in [1.82, 2.24) is 29.9 Å². The molecule has 14 nitrogen and oxygen atoms in total. The minimum absolute atomic E-state index is 0.00434. The summed E-state index contributed by atoms with van der Waals surface area (Å²) in [5, 5.41) is 8.49. The first-order valence-corrected chi connectivity index (χ1v) is 20.4. The molecule has 51 heavy (non-hydrogen) atoms. The van der Waals surface area contributed by atoms with Crippen molar-refractivity contribution in [2.24, 2.45) is 34.0 Å². The fourth-order valence-corrected chi connectivity index (χ4v) is 8.57. The van der Waals surface area contributed by atoms with Gasteiger partial charge in [0.05, 0.1) is 11.2 Å². The second-order valence-electron chi connectivity index (χ2n) is 17.0. The van der Waals surface area contributed by atoms with Gasteiger partial charge in [0, 0.05) is 32.1 Å². The number of likely N-dealkylation sites (N-methyl/N-ethyl adjacent to an activating group) is 1. The highest BCUT2D eigenvalue weighted by atomic mass is 32.2. The first-order chi connectivity index (χ1) is 23.2. The largest absolute Gasteiger partial charge is 0.339 e. The number of rotatable bonds is 12. The molecular formula is C35H54N6O8S2. The average Bonchev–Trinajstić information content (AvgIpc) is 3.76. The van der Waals surface area contributed by atoms with Gasteiger partial charge in [0.1, 0.15) is 17.6 Å². The van der Waals surface area contributed by atoms with Crippen LogP contribution in [0.15, 0.2) is 47.9 Å². The van der Waals surface area contributed by atoms with Crippen LogP contribution in [-0.4, -0.2) is 99.9 Å². The van der Waals surface area contributed by atoms with Gasteiger partial charge >= 0.3 is 6.03 Å². The molecule has 16 heteroatoms. The lowest BCUT2D eigenvalue weighted by Gasteiger charge is -2.39. The maximum atomic E-state index is 14.4. The number of fused-ring (bicyclic) bond motifs is 1. The van der Waals surface area contributed by atoms with E-state index in [9.17, 15) is 36.0 Å². The average molecular weight is 751 g/mol. The number of carbonyl (C=O) groups excluding carboxylic acids is 4. The molecule has 0 bridgehead atoms. The van der Waals surface area contributed by atoms with Crippen molar-refractivity contribution < 1.29 is 36.0 Å². The van der Waals surface area contributed by atoms with E-state index in [1.165, 1.54) is 42.3 Å². The maximum Gasteiger partial charge on any atom is 0.315 e. The Morgan fingerprint density at radius 2 is 1.59 bits per heavy atom. The van der Waals surface area contributed by atoms with E-state index in [4.69, 9.17) is 0 Å². The van der Waals surface area contributed by atoms with Crippen molar-refractivity contribution in [3.05, 3.63) is 43.0 Å². The Morgan fingerprint density at radius 1 is 1.00 bits per heavy atom. The number of hydrogen-bond acceptors (Lipinski definition) is 8. The number of nitrogens with zero attached hydrogens (tertiary/aromatic N) is 2. The van der Waals surface area contributed by atoms with Crippen LogP contribution in [0.1, 0.15) is 61.8 Å². The maximum absolute atomic E-state index is 14.4. The van der Waals surface area contributed by atoms with Crippen LogP contribution in [0.3, 0.4) is 0 Å². The number of hydrogen-bond donors (Lipinski definition) is 4. The van der Waals surface area contributed by atoms with Crippen molar-refractivity contribution in [2.75, 3.05) is 26.4 Å². The van der Waals surface area contributed by atoms with Gasteiger partial charge in [0.2, 0.25) is 21.8 Å². The van der Waals surface area contributed by atoms with Gasteiger partial charge in [-0.25, -0.2) is 30.7 Å². The molecule has 3 aliphatic rings. The van der Waals surface area contributed by atoms with Gasteiger partial charge in [-0.2, -0.15) is 0 Å². The van der Waals surface area contributed by atoms with Crippen molar-refractivity contribution in [3.8, 4) is 0 Å². The molecular weight excluding hydrogens is 697 g/mol. The van der Waals surface area contributed by atoms with E-state index in [1.54, 1.807) is 26.8 Å². The van der Waals surface area contributed by atoms with Gasteiger partial charge in [0.25, 0.3) is 15.9 Å². The van der Waals surface area contributed by atoms with Crippen LogP contribution < -0.4 is 20.7 Å². The summed E-state index contributed by atoms with van der Waals surface area (Å²) in [6.07, 6.45) is 2.71. The summed E-state index contributed by atoms with van der Waals surface area (Å²) in [6.45, 7) is 19.0. The van der Waals surface area contributed by atoms with Crippen LogP contribution in [-0.2, 0) is 34.4 Å². The Hall–Kier alpha value is -3.50. The molecule has 2 unspecified atom stereocenters. The molecule has 1 saturated heterocycles. The van der Waals surface area contributed by atoms with Crippen molar-refractivity contribution in [2.45, 2.75) is 90.4 Å². The Balaban J connectivity index is 1.57. The summed E-state index contributed by atoms with van der Waals surface area (Å²) in [6, 6.07) is 4.06.